The number of nitrogens with two attached hydrogens (primary N) is 1. The fourth-order valence-corrected chi connectivity index (χ4v) is 2.04. The van der Waals surface area contributed by atoms with Crippen LogP contribution in [0.1, 0.15) is 12.5 Å². The first kappa shape index (κ1) is 15.1. The standard InChI is InChI=1S/C15H21N5O/c1-12(11-21-2)19-15(16)17-10-13-6-3-4-7-14(13)20-9-5-8-18-20/h3-9,12H,10-11H2,1-2H3,(H3,16,17,19). The van der Waals surface area contributed by atoms with E-state index in [0.29, 0.717) is 19.1 Å². The van der Waals surface area contributed by atoms with Gasteiger partial charge in [0.25, 0.3) is 0 Å². The van der Waals surface area contributed by atoms with Crippen molar-refractivity contribution in [2.24, 2.45) is 10.7 Å². The van der Waals surface area contributed by atoms with Crippen LogP contribution in [-0.4, -0.2) is 35.5 Å². The minimum absolute atomic E-state index is 0.125. The monoisotopic (exact) mass is 287 g/mol. The zero-order chi connectivity index (χ0) is 15.1. The summed E-state index contributed by atoms with van der Waals surface area (Å²) in [7, 11) is 1.66. The van der Waals surface area contributed by atoms with Gasteiger partial charge in [0.1, 0.15) is 0 Å². The summed E-state index contributed by atoms with van der Waals surface area (Å²) < 4.78 is 6.87. The lowest BCUT2D eigenvalue weighted by atomic mass is 10.2. The first-order valence-corrected chi connectivity index (χ1v) is 6.84. The van der Waals surface area contributed by atoms with Gasteiger partial charge in [0, 0.05) is 25.5 Å². The van der Waals surface area contributed by atoms with Crippen LogP contribution in [0.3, 0.4) is 0 Å². The summed E-state index contributed by atoms with van der Waals surface area (Å²) in [6.45, 7) is 3.07. The van der Waals surface area contributed by atoms with Gasteiger partial charge in [-0.1, -0.05) is 18.2 Å². The fourth-order valence-electron chi connectivity index (χ4n) is 2.04. The maximum atomic E-state index is 5.88. The Morgan fingerprint density at radius 2 is 2.24 bits per heavy atom. The molecule has 1 atom stereocenters. The van der Waals surface area contributed by atoms with E-state index >= 15 is 0 Å². The van der Waals surface area contributed by atoms with Crippen molar-refractivity contribution in [2.45, 2.75) is 19.5 Å². The second-order valence-corrected chi connectivity index (χ2v) is 4.78. The molecule has 0 radical (unpaired) electrons. The van der Waals surface area contributed by atoms with E-state index in [-0.39, 0.29) is 6.04 Å². The van der Waals surface area contributed by atoms with Crippen LogP contribution in [0.4, 0.5) is 0 Å². The van der Waals surface area contributed by atoms with Crippen LogP contribution in [-0.2, 0) is 11.3 Å². The fraction of sp³-hybridized carbons (Fsp3) is 0.333. The van der Waals surface area contributed by atoms with Crippen molar-refractivity contribution in [1.29, 1.82) is 0 Å². The van der Waals surface area contributed by atoms with Crippen molar-refractivity contribution in [3.05, 3.63) is 48.3 Å². The predicted molar refractivity (Wildman–Crippen MR) is 83.4 cm³/mol. The van der Waals surface area contributed by atoms with Crippen LogP contribution in [0.5, 0.6) is 0 Å². The lowest BCUT2D eigenvalue weighted by Crippen LogP contribution is -2.40. The second-order valence-electron chi connectivity index (χ2n) is 4.78. The molecular formula is C15H21N5O. The van der Waals surface area contributed by atoms with Crippen molar-refractivity contribution in [1.82, 2.24) is 15.1 Å². The molecule has 0 aliphatic heterocycles. The van der Waals surface area contributed by atoms with Gasteiger partial charge in [0.15, 0.2) is 5.96 Å². The minimum Gasteiger partial charge on any atom is -0.383 e. The highest BCUT2D eigenvalue weighted by atomic mass is 16.5. The van der Waals surface area contributed by atoms with Crippen molar-refractivity contribution in [3.8, 4) is 5.69 Å². The highest BCUT2D eigenvalue weighted by Crippen LogP contribution is 2.14. The number of methoxy groups -OCH3 is 1. The van der Waals surface area contributed by atoms with Gasteiger partial charge in [-0.15, -0.1) is 0 Å². The van der Waals surface area contributed by atoms with Crippen molar-refractivity contribution in [3.63, 3.8) is 0 Å². The largest absolute Gasteiger partial charge is 0.383 e. The topological polar surface area (TPSA) is 77.5 Å². The number of guanidine groups is 1. The van der Waals surface area contributed by atoms with Gasteiger partial charge in [-0.2, -0.15) is 5.10 Å². The highest BCUT2D eigenvalue weighted by molar-refractivity contribution is 5.78. The molecule has 3 N–H and O–H groups in total. The quantitative estimate of drug-likeness (QED) is 0.620. The molecule has 0 bridgehead atoms. The maximum Gasteiger partial charge on any atom is 0.189 e. The summed E-state index contributed by atoms with van der Waals surface area (Å²) in [6, 6.07) is 10.0. The average molecular weight is 287 g/mol. The Hall–Kier alpha value is -2.34. The normalized spacial score (nSPS) is 13.1. The number of nitrogens with one attached hydrogen (secondary N) is 1. The highest BCUT2D eigenvalue weighted by Gasteiger charge is 2.05. The molecule has 2 rings (SSSR count). The number of hydrogen-bond donors (Lipinski definition) is 2. The van der Waals surface area contributed by atoms with E-state index < -0.39 is 0 Å². The van der Waals surface area contributed by atoms with Crippen molar-refractivity contribution >= 4 is 5.96 Å². The molecule has 0 spiro atoms. The molecule has 0 aliphatic rings. The number of benzene rings is 1. The predicted octanol–water partition coefficient (Wildman–Crippen LogP) is 1.31. The average Bonchev–Trinajstić information content (AvgIpc) is 2.99. The molecule has 0 aliphatic carbocycles. The van der Waals surface area contributed by atoms with Crippen LogP contribution < -0.4 is 11.1 Å². The number of hydrogen-bond acceptors (Lipinski definition) is 3. The summed E-state index contributed by atoms with van der Waals surface area (Å²) in [6.07, 6.45) is 3.66. The molecule has 6 heteroatoms. The number of aliphatic imine (C=N–C) groups is 1. The summed E-state index contributed by atoms with van der Waals surface area (Å²) in [5.41, 5.74) is 7.95. The van der Waals surface area contributed by atoms with Crippen LogP contribution in [0.2, 0.25) is 0 Å². The van der Waals surface area contributed by atoms with Crippen LogP contribution in [0, 0.1) is 0 Å². The smallest absolute Gasteiger partial charge is 0.189 e. The first-order valence-electron chi connectivity index (χ1n) is 6.84. The van der Waals surface area contributed by atoms with E-state index in [9.17, 15) is 0 Å². The SMILES string of the molecule is COCC(C)NC(N)=NCc1ccccc1-n1cccn1. The lowest BCUT2D eigenvalue weighted by molar-refractivity contribution is 0.179. The summed E-state index contributed by atoms with van der Waals surface area (Å²) in [4.78, 5) is 4.37. The first-order chi connectivity index (χ1) is 10.2. The zero-order valence-electron chi connectivity index (χ0n) is 12.4. The summed E-state index contributed by atoms with van der Waals surface area (Å²) in [5, 5.41) is 7.34. The van der Waals surface area contributed by atoms with Gasteiger partial charge in [-0.25, -0.2) is 9.67 Å². The van der Waals surface area contributed by atoms with Crippen LogP contribution >= 0.6 is 0 Å². The van der Waals surface area contributed by atoms with E-state index in [1.54, 1.807) is 13.3 Å². The molecule has 6 nitrogen and oxygen atoms in total. The number of ether oxygens (including phenoxy) is 1. The summed E-state index contributed by atoms with van der Waals surface area (Å²) in [5.74, 6) is 0.412. The van der Waals surface area contributed by atoms with Crippen molar-refractivity contribution in [2.75, 3.05) is 13.7 Å². The number of aromatic nitrogens is 2. The van der Waals surface area contributed by atoms with Gasteiger partial charge in [-0.05, 0) is 24.6 Å². The Labute approximate surface area is 124 Å². The third-order valence-corrected chi connectivity index (χ3v) is 2.97. The van der Waals surface area contributed by atoms with Gasteiger partial charge < -0.3 is 15.8 Å². The molecule has 0 saturated heterocycles. The molecule has 0 fully saturated rings. The lowest BCUT2D eigenvalue weighted by Gasteiger charge is -2.13. The van der Waals surface area contributed by atoms with Gasteiger partial charge in [0.05, 0.1) is 18.8 Å². The van der Waals surface area contributed by atoms with Gasteiger partial charge in [0.2, 0.25) is 0 Å². The molecule has 0 saturated carbocycles. The van der Waals surface area contributed by atoms with Crippen molar-refractivity contribution < 1.29 is 4.74 Å². The van der Waals surface area contributed by atoms with E-state index in [1.807, 2.05) is 48.1 Å². The summed E-state index contributed by atoms with van der Waals surface area (Å²) >= 11 is 0. The Morgan fingerprint density at radius 3 is 2.95 bits per heavy atom. The van der Waals surface area contributed by atoms with Gasteiger partial charge in [-0.3, -0.25) is 0 Å². The molecule has 112 valence electrons. The van der Waals surface area contributed by atoms with E-state index in [1.165, 1.54) is 0 Å². The van der Waals surface area contributed by atoms with Crippen LogP contribution in [0.25, 0.3) is 5.69 Å². The van der Waals surface area contributed by atoms with Gasteiger partial charge >= 0.3 is 0 Å². The molecule has 1 unspecified atom stereocenters. The Bertz CT molecular complexity index is 580. The Balaban J connectivity index is 2.06. The van der Waals surface area contributed by atoms with E-state index in [2.05, 4.69) is 15.4 Å². The second kappa shape index (κ2) is 7.44. The molecule has 2 aromatic rings. The Morgan fingerprint density at radius 1 is 1.43 bits per heavy atom. The third kappa shape index (κ3) is 4.32. The molecule has 21 heavy (non-hydrogen) atoms. The third-order valence-electron chi connectivity index (χ3n) is 2.97. The number of para-hydroxylation sites is 1. The minimum atomic E-state index is 0.125. The van der Waals surface area contributed by atoms with Crippen LogP contribution in [0.15, 0.2) is 47.7 Å². The molecular weight excluding hydrogens is 266 g/mol. The van der Waals surface area contributed by atoms with E-state index in [4.69, 9.17) is 10.5 Å². The molecule has 1 aromatic heterocycles. The van der Waals surface area contributed by atoms with E-state index in [0.717, 1.165) is 11.3 Å². The number of nitrogens with zero attached hydrogens (tertiary/aromatic N) is 3. The molecule has 0 amide bonds. The molecule has 1 heterocycles. The number of rotatable bonds is 6. The maximum absolute atomic E-state index is 5.88. The zero-order valence-corrected chi connectivity index (χ0v) is 12.4. The molecule has 1 aromatic carbocycles. The Kier molecular flexibility index (Phi) is 5.34.